The molecule has 0 saturated heterocycles. The Balaban J connectivity index is 1.93. The van der Waals surface area contributed by atoms with E-state index in [9.17, 15) is 18.0 Å². The van der Waals surface area contributed by atoms with Crippen molar-refractivity contribution in [3.8, 4) is 11.5 Å². The second kappa shape index (κ2) is 7.07. The summed E-state index contributed by atoms with van der Waals surface area (Å²) in [6.45, 7) is 1.68. The highest BCUT2D eigenvalue weighted by atomic mass is 32.1. The summed E-state index contributed by atoms with van der Waals surface area (Å²) in [5.74, 6) is 0.522. The summed E-state index contributed by atoms with van der Waals surface area (Å²) in [6.07, 6.45) is -4.53. The number of nitrogens with one attached hydrogen (secondary N) is 1. The molecule has 1 aromatic carbocycles. The number of benzene rings is 1. The molecule has 9 heteroatoms. The number of thiophene rings is 1. The fraction of sp³-hybridized carbons (Fsp3) is 0.222. The maximum absolute atomic E-state index is 12.8. The molecule has 0 unspecified atom stereocenters. The highest BCUT2D eigenvalue weighted by Crippen LogP contribution is 2.35. The van der Waals surface area contributed by atoms with Crippen LogP contribution in [0.2, 0.25) is 0 Å². The summed E-state index contributed by atoms with van der Waals surface area (Å²) in [5, 5.41) is 3.24. The first-order valence-corrected chi connectivity index (χ1v) is 8.57. The molecule has 0 aliphatic heterocycles. The lowest BCUT2D eigenvalue weighted by Crippen LogP contribution is -2.11. The van der Waals surface area contributed by atoms with Gasteiger partial charge in [-0.05, 0) is 36.8 Å². The summed E-state index contributed by atoms with van der Waals surface area (Å²) in [7, 11) is 2.97. The molecule has 2 aromatic heterocycles. The van der Waals surface area contributed by atoms with Crippen molar-refractivity contribution in [2.75, 3.05) is 19.5 Å². The van der Waals surface area contributed by atoms with Crippen LogP contribution in [0.25, 0.3) is 10.2 Å². The minimum atomic E-state index is -4.53. The maximum Gasteiger partial charge on any atom is 0.433 e. The van der Waals surface area contributed by atoms with Crippen LogP contribution in [0.3, 0.4) is 0 Å². The molecule has 1 N–H and O–H groups in total. The number of pyridine rings is 1. The van der Waals surface area contributed by atoms with Gasteiger partial charge in [-0.3, -0.25) is 4.79 Å². The van der Waals surface area contributed by atoms with Crippen molar-refractivity contribution in [3.05, 3.63) is 46.5 Å². The van der Waals surface area contributed by atoms with Crippen LogP contribution in [0.15, 0.2) is 30.3 Å². The lowest BCUT2D eigenvalue weighted by Gasteiger charge is -2.10. The van der Waals surface area contributed by atoms with Crippen LogP contribution in [0.4, 0.5) is 18.9 Å². The smallest absolute Gasteiger partial charge is 0.433 e. The van der Waals surface area contributed by atoms with E-state index >= 15 is 0 Å². The number of aromatic nitrogens is 1. The van der Waals surface area contributed by atoms with Gasteiger partial charge in [-0.15, -0.1) is 11.3 Å². The van der Waals surface area contributed by atoms with E-state index in [1.165, 1.54) is 20.3 Å². The summed E-state index contributed by atoms with van der Waals surface area (Å²) in [6, 6.07) is 7.13. The van der Waals surface area contributed by atoms with Gasteiger partial charge in [-0.1, -0.05) is 0 Å². The van der Waals surface area contributed by atoms with Crippen LogP contribution in [-0.2, 0) is 6.18 Å². The molecule has 0 radical (unpaired) electrons. The molecule has 27 heavy (non-hydrogen) atoms. The number of hydrogen-bond donors (Lipinski definition) is 1. The largest absolute Gasteiger partial charge is 0.493 e. The van der Waals surface area contributed by atoms with Gasteiger partial charge in [-0.2, -0.15) is 13.2 Å². The molecular formula is C18H15F3N2O3S. The zero-order valence-corrected chi connectivity index (χ0v) is 15.4. The number of anilines is 1. The Morgan fingerprint density at radius 2 is 1.81 bits per heavy atom. The number of amides is 1. The van der Waals surface area contributed by atoms with E-state index in [0.717, 1.165) is 17.4 Å². The number of methoxy groups -OCH3 is 2. The first-order chi connectivity index (χ1) is 12.7. The van der Waals surface area contributed by atoms with Crippen LogP contribution in [0.5, 0.6) is 11.5 Å². The number of rotatable bonds is 4. The summed E-state index contributed by atoms with van der Waals surface area (Å²) in [4.78, 5) is 16.7. The highest BCUT2D eigenvalue weighted by Gasteiger charge is 2.33. The fourth-order valence-corrected chi connectivity index (χ4v) is 3.65. The van der Waals surface area contributed by atoms with Gasteiger partial charge in [0.15, 0.2) is 11.5 Å². The molecular weight excluding hydrogens is 381 g/mol. The topological polar surface area (TPSA) is 60.5 Å². The SMILES string of the molecule is COc1ccc(NC(=O)c2sc3nc(C(F)(F)F)ccc3c2C)cc1OC. The number of nitrogens with zero attached hydrogens (tertiary/aromatic N) is 1. The summed E-state index contributed by atoms with van der Waals surface area (Å²) >= 11 is 0.920. The average molecular weight is 396 g/mol. The normalized spacial score (nSPS) is 11.5. The first-order valence-electron chi connectivity index (χ1n) is 7.75. The first kappa shape index (κ1) is 19.0. The predicted octanol–water partition coefficient (Wildman–Crippen LogP) is 4.89. The molecule has 0 fully saturated rings. The molecule has 1 amide bonds. The quantitative estimate of drug-likeness (QED) is 0.682. The zero-order chi connectivity index (χ0) is 19.8. The fourth-order valence-electron chi connectivity index (χ4n) is 2.58. The summed E-state index contributed by atoms with van der Waals surface area (Å²) < 4.78 is 48.9. The standard InChI is InChI=1S/C18H15F3N2O3S/c1-9-11-5-7-14(18(19,20)21)23-17(11)27-15(9)16(24)22-10-4-6-12(25-2)13(8-10)26-3/h4-8H,1-3H3,(H,22,24). The Bertz CT molecular complexity index is 1010. The van der Waals surface area contributed by atoms with E-state index in [4.69, 9.17) is 9.47 Å². The van der Waals surface area contributed by atoms with E-state index in [1.54, 1.807) is 25.1 Å². The minimum absolute atomic E-state index is 0.166. The molecule has 0 bridgehead atoms. The lowest BCUT2D eigenvalue weighted by atomic mass is 10.1. The van der Waals surface area contributed by atoms with Crippen LogP contribution >= 0.6 is 11.3 Å². The van der Waals surface area contributed by atoms with E-state index in [2.05, 4.69) is 10.3 Å². The van der Waals surface area contributed by atoms with Gasteiger partial charge in [0, 0.05) is 17.1 Å². The van der Waals surface area contributed by atoms with E-state index < -0.39 is 17.8 Å². The number of halogens is 3. The lowest BCUT2D eigenvalue weighted by molar-refractivity contribution is -0.140. The van der Waals surface area contributed by atoms with Crippen LogP contribution in [0, 0.1) is 6.92 Å². The van der Waals surface area contributed by atoms with Gasteiger partial charge in [0.25, 0.3) is 5.91 Å². The summed E-state index contributed by atoms with van der Waals surface area (Å²) in [5.41, 5.74) is 0.0655. The number of hydrogen-bond acceptors (Lipinski definition) is 5. The van der Waals surface area contributed by atoms with Gasteiger partial charge < -0.3 is 14.8 Å². The molecule has 142 valence electrons. The molecule has 0 spiro atoms. The van der Waals surface area contributed by atoms with Gasteiger partial charge in [0.05, 0.1) is 19.1 Å². The Labute approximate surface area is 156 Å². The Hall–Kier alpha value is -2.81. The third-order valence-corrected chi connectivity index (χ3v) is 5.14. The highest BCUT2D eigenvalue weighted by molar-refractivity contribution is 7.20. The number of aryl methyl sites for hydroxylation is 1. The maximum atomic E-state index is 12.8. The van der Waals surface area contributed by atoms with Gasteiger partial charge in [0.1, 0.15) is 10.5 Å². The molecule has 3 rings (SSSR count). The predicted molar refractivity (Wildman–Crippen MR) is 96.9 cm³/mol. The second-order valence-electron chi connectivity index (χ2n) is 5.63. The Morgan fingerprint density at radius 3 is 2.44 bits per heavy atom. The van der Waals surface area contributed by atoms with Crippen molar-refractivity contribution in [1.82, 2.24) is 4.98 Å². The second-order valence-corrected chi connectivity index (χ2v) is 6.63. The zero-order valence-electron chi connectivity index (χ0n) is 14.6. The monoisotopic (exact) mass is 396 g/mol. The van der Waals surface area contributed by atoms with Gasteiger partial charge in [-0.25, -0.2) is 4.98 Å². The molecule has 2 heterocycles. The number of carbonyl (C=O) groups excluding carboxylic acids is 1. The van der Waals surface area contributed by atoms with Crippen molar-refractivity contribution >= 4 is 33.1 Å². The molecule has 3 aromatic rings. The van der Waals surface area contributed by atoms with Crippen molar-refractivity contribution < 1.29 is 27.4 Å². The van der Waals surface area contributed by atoms with Gasteiger partial charge in [0.2, 0.25) is 0 Å². The minimum Gasteiger partial charge on any atom is -0.493 e. The Kier molecular flexibility index (Phi) is 4.97. The van der Waals surface area contributed by atoms with Crippen LogP contribution in [0.1, 0.15) is 20.9 Å². The van der Waals surface area contributed by atoms with E-state index in [-0.39, 0.29) is 4.83 Å². The molecule has 0 aliphatic rings. The molecule has 5 nitrogen and oxygen atoms in total. The number of alkyl halides is 3. The van der Waals surface area contributed by atoms with Gasteiger partial charge >= 0.3 is 6.18 Å². The van der Waals surface area contributed by atoms with Crippen molar-refractivity contribution in [3.63, 3.8) is 0 Å². The Morgan fingerprint density at radius 1 is 1.11 bits per heavy atom. The van der Waals surface area contributed by atoms with Crippen molar-refractivity contribution in [1.29, 1.82) is 0 Å². The third kappa shape index (κ3) is 3.68. The van der Waals surface area contributed by atoms with E-state index in [1.807, 2.05) is 0 Å². The average Bonchev–Trinajstić information content (AvgIpc) is 2.97. The molecule has 0 atom stereocenters. The molecule has 0 saturated carbocycles. The number of ether oxygens (including phenoxy) is 2. The number of fused-ring (bicyclic) bond motifs is 1. The van der Waals surface area contributed by atoms with Crippen LogP contribution < -0.4 is 14.8 Å². The van der Waals surface area contributed by atoms with E-state index in [0.29, 0.717) is 33.0 Å². The number of carbonyl (C=O) groups is 1. The third-order valence-electron chi connectivity index (χ3n) is 3.94. The van der Waals surface area contributed by atoms with Crippen molar-refractivity contribution in [2.24, 2.45) is 0 Å². The van der Waals surface area contributed by atoms with Crippen LogP contribution in [-0.4, -0.2) is 25.1 Å². The molecule has 0 aliphatic carbocycles. The van der Waals surface area contributed by atoms with Crippen molar-refractivity contribution in [2.45, 2.75) is 13.1 Å².